The molecule has 3 N–H and O–H groups in total. The first-order chi connectivity index (χ1) is 13.1. The van der Waals surface area contributed by atoms with E-state index < -0.39 is 10.0 Å². The number of pyridine rings is 1. The van der Waals surface area contributed by atoms with E-state index in [9.17, 15) is 8.42 Å². The molecule has 1 aromatic heterocycles. The number of halogens is 1. The molecule has 1 aromatic carbocycles. The maximum Gasteiger partial charge on any atom is 0.242 e. The van der Waals surface area contributed by atoms with E-state index in [0.717, 1.165) is 12.2 Å². The van der Waals surface area contributed by atoms with Crippen molar-refractivity contribution in [2.24, 2.45) is 4.99 Å². The first-order valence-electron chi connectivity index (χ1n) is 8.64. The minimum atomic E-state index is -3.54. The molecule has 0 atom stereocenters. The fourth-order valence-electron chi connectivity index (χ4n) is 2.16. The van der Waals surface area contributed by atoms with Crippen molar-refractivity contribution in [2.75, 3.05) is 33.3 Å². The van der Waals surface area contributed by atoms with E-state index in [4.69, 9.17) is 4.74 Å². The molecular formula is C18H26IN5O3S. The maximum absolute atomic E-state index is 12.1. The first kappa shape index (κ1) is 24.1. The third-order valence-electron chi connectivity index (χ3n) is 3.50. The number of guanidine groups is 1. The molecule has 2 rings (SSSR count). The zero-order valence-electron chi connectivity index (χ0n) is 15.7. The summed E-state index contributed by atoms with van der Waals surface area (Å²) < 4.78 is 32.3. The van der Waals surface area contributed by atoms with E-state index in [1.54, 1.807) is 13.1 Å². The highest BCUT2D eigenvalue weighted by Crippen LogP contribution is 2.08. The summed E-state index contributed by atoms with van der Waals surface area (Å²) in [6.07, 6.45) is 3.65. The molecule has 0 amide bonds. The van der Waals surface area contributed by atoms with Crippen molar-refractivity contribution in [1.82, 2.24) is 20.3 Å². The predicted octanol–water partition coefficient (Wildman–Crippen LogP) is 1.61. The summed E-state index contributed by atoms with van der Waals surface area (Å²) in [5.74, 6) is 1.45. The summed E-state index contributed by atoms with van der Waals surface area (Å²) in [5, 5.41) is 6.21. The Kier molecular flexibility index (Phi) is 11.4. The number of para-hydroxylation sites is 1. The molecule has 0 saturated carbocycles. The average Bonchev–Trinajstić information content (AvgIpc) is 2.70. The second kappa shape index (κ2) is 13.3. The molecule has 0 saturated heterocycles. The van der Waals surface area contributed by atoms with Crippen molar-refractivity contribution in [2.45, 2.75) is 11.3 Å². The molecule has 1 heterocycles. The molecule has 0 aliphatic carbocycles. The highest BCUT2D eigenvalue weighted by molar-refractivity contribution is 14.0. The topological polar surface area (TPSA) is 105 Å². The number of benzene rings is 1. The molecule has 2 aromatic rings. The average molecular weight is 519 g/mol. The smallest absolute Gasteiger partial charge is 0.242 e. The molecule has 0 unspecified atom stereocenters. The van der Waals surface area contributed by atoms with Gasteiger partial charge in [0.05, 0.1) is 6.61 Å². The van der Waals surface area contributed by atoms with Gasteiger partial charge >= 0.3 is 0 Å². The Morgan fingerprint density at radius 1 is 1.07 bits per heavy atom. The molecule has 154 valence electrons. The van der Waals surface area contributed by atoms with Crippen LogP contribution in [0.4, 0.5) is 0 Å². The number of rotatable bonds is 10. The van der Waals surface area contributed by atoms with E-state index >= 15 is 0 Å². The zero-order valence-corrected chi connectivity index (χ0v) is 18.8. The lowest BCUT2D eigenvalue weighted by atomic mass is 10.3. The Morgan fingerprint density at radius 2 is 1.82 bits per heavy atom. The number of aromatic nitrogens is 1. The Balaban J connectivity index is 0.00000392. The van der Waals surface area contributed by atoms with Gasteiger partial charge in [0.15, 0.2) is 5.96 Å². The zero-order chi connectivity index (χ0) is 19.4. The third-order valence-corrected chi connectivity index (χ3v) is 4.95. The monoisotopic (exact) mass is 519 g/mol. The minimum Gasteiger partial charge on any atom is -0.494 e. The third kappa shape index (κ3) is 8.85. The molecule has 28 heavy (non-hydrogen) atoms. The quantitative estimate of drug-likeness (QED) is 0.191. The van der Waals surface area contributed by atoms with Gasteiger partial charge in [-0.05, 0) is 30.7 Å². The lowest BCUT2D eigenvalue weighted by molar-refractivity contribution is 0.311. The molecule has 10 heteroatoms. The van der Waals surface area contributed by atoms with Crippen LogP contribution in [0.25, 0.3) is 0 Å². The lowest BCUT2D eigenvalue weighted by Gasteiger charge is -2.12. The molecule has 0 bridgehead atoms. The van der Waals surface area contributed by atoms with Gasteiger partial charge in [0.1, 0.15) is 10.6 Å². The Hall–Kier alpha value is -1.92. The van der Waals surface area contributed by atoms with E-state index in [-0.39, 0.29) is 35.4 Å². The largest absolute Gasteiger partial charge is 0.494 e. The molecule has 0 aliphatic rings. The van der Waals surface area contributed by atoms with Crippen molar-refractivity contribution in [1.29, 1.82) is 0 Å². The predicted molar refractivity (Wildman–Crippen MR) is 121 cm³/mol. The highest BCUT2D eigenvalue weighted by atomic mass is 127. The summed E-state index contributed by atoms with van der Waals surface area (Å²) >= 11 is 0. The van der Waals surface area contributed by atoms with Gasteiger partial charge < -0.3 is 15.4 Å². The van der Waals surface area contributed by atoms with E-state index in [0.29, 0.717) is 25.7 Å². The van der Waals surface area contributed by atoms with Gasteiger partial charge in [-0.2, -0.15) is 0 Å². The van der Waals surface area contributed by atoms with Gasteiger partial charge in [-0.3, -0.25) is 9.98 Å². The first-order valence-corrected chi connectivity index (χ1v) is 10.1. The lowest BCUT2D eigenvalue weighted by Crippen LogP contribution is -2.42. The Bertz CT molecular complexity index is 804. The van der Waals surface area contributed by atoms with Gasteiger partial charge in [-0.15, -0.1) is 24.0 Å². The van der Waals surface area contributed by atoms with Crippen LogP contribution >= 0.6 is 24.0 Å². The van der Waals surface area contributed by atoms with Crippen LogP contribution < -0.4 is 20.1 Å². The Labute approximate surface area is 183 Å². The molecule has 8 nitrogen and oxygen atoms in total. The van der Waals surface area contributed by atoms with E-state index in [2.05, 4.69) is 25.3 Å². The normalized spacial score (nSPS) is 11.4. The van der Waals surface area contributed by atoms with Gasteiger partial charge in [-0.25, -0.2) is 13.1 Å². The van der Waals surface area contributed by atoms with Gasteiger partial charge in [0.2, 0.25) is 10.0 Å². The number of hydrogen-bond acceptors (Lipinski definition) is 5. The van der Waals surface area contributed by atoms with Crippen molar-refractivity contribution in [3.8, 4) is 5.75 Å². The van der Waals surface area contributed by atoms with Gasteiger partial charge in [0.25, 0.3) is 0 Å². The van der Waals surface area contributed by atoms with E-state index in [1.165, 1.54) is 18.5 Å². The van der Waals surface area contributed by atoms with Gasteiger partial charge in [0, 0.05) is 39.1 Å². The van der Waals surface area contributed by atoms with Crippen LogP contribution in [0.1, 0.15) is 6.42 Å². The second-order valence-electron chi connectivity index (χ2n) is 5.53. The fraction of sp³-hybridized carbons (Fsp3) is 0.333. The maximum atomic E-state index is 12.1. The molecular weight excluding hydrogens is 493 g/mol. The SMILES string of the molecule is CN=C(NCCCOc1ccccc1)NCCNS(=O)(=O)c1cccnc1.I. The fourth-order valence-corrected chi connectivity index (χ4v) is 3.16. The van der Waals surface area contributed by atoms with Crippen LogP contribution in [0.2, 0.25) is 0 Å². The number of nitrogens with one attached hydrogen (secondary N) is 3. The van der Waals surface area contributed by atoms with Crippen LogP contribution in [0.3, 0.4) is 0 Å². The highest BCUT2D eigenvalue weighted by Gasteiger charge is 2.12. The van der Waals surface area contributed by atoms with Crippen molar-refractivity contribution < 1.29 is 13.2 Å². The number of sulfonamides is 1. The van der Waals surface area contributed by atoms with Crippen molar-refractivity contribution in [3.05, 3.63) is 54.9 Å². The van der Waals surface area contributed by atoms with Crippen LogP contribution in [-0.4, -0.2) is 52.7 Å². The molecule has 0 aliphatic heterocycles. The van der Waals surface area contributed by atoms with Crippen LogP contribution in [0.15, 0.2) is 64.7 Å². The summed E-state index contributed by atoms with van der Waals surface area (Å²) in [6.45, 7) is 1.92. The summed E-state index contributed by atoms with van der Waals surface area (Å²) in [4.78, 5) is 8.06. The molecule has 0 fully saturated rings. The summed E-state index contributed by atoms with van der Waals surface area (Å²) in [6, 6.07) is 12.7. The van der Waals surface area contributed by atoms with Gasteiger partial charge in [-0.1, -0.05) is 18.2 Å². The van der Waals surface area contributed by atoms with Crippen LogP contribution in [0, 0.1) is 0 Å². The van der Waals surface area contributed by atoms with E-state index in [1.807, 2.05) is 30.3 Å². The van der Waals surface area contributed by atoms with Crippen LogP contribution in [0.5, 0.6) is 5.75 Å². The summed E-state index contributed by atoms with van der Waals surface area (Å²) in [5.41, 5.74) is 0. The number of nitrogens with zero attached hydrogens (tertiary/aromatic N) is 2. The molecule has 0 spiro atoms. The number of ether oxygens (including phenoxy) is 1. The molecule has 0 radical (unpaired) electrons. The number of hydrogen-bond donors (Lipinski definition) is 3. The van der Waals surface area contributed by atoms with Crippen molar-refractivity contribution in [3.63, 3.8) is 0 Å². The van der Waals surface area contributed by atoms with Crippen molar-refractivity contribution >= 4 is 40.0 Å². The standard InChI is InChI=1S/C18H25N5O3S.HI/c1-19-18(21-11-6-14-26-16-7-3-2-4-8-16)22-12-13-23-27(24,25)17-9-5-10-20-15-17;/h2-5,7-10,15,23H,6,11-14H2,1H3,(H2,19,21,22);1H. The Morgan fingerprint density at radius 3 is 2.50 bits per heavy atom. The number of aliphatic imine (C=N–C) groups is 1. The second-order valence-corrected chi connectivity index (χ2v) is 7.29. The summed E-state index contributed by atoms with van der Waals surface area (Å²) in [7, 11) is -1.88. The van der Waals surface area contributed by atoms with Crippen LogP contribution in [-0.2, 0) is 10.0 Å². The minimum absolute atomic E-state index is 0.